The SMILES string of the molecule is [B]c1ccc(C2N(C)c3ccccc3N2c2ccccc2)cc1. The Bertz CT molecular complexity index is 815. The van der Waals surface area contributed by atoms with Gasteiger partial charge in [0.15, 0.2) is 0 Å². The number of fused-ring (bicyclic) bond motifs is 1. The highest BCUT2D eigenvalue weighted by molar-refractivity contribution is 6.32. The molecule has 0 fully saturated rings. The lowest BCUT2D eigenvalue weighted by Gasteiger charge is -2.31. The van der Waals surface area contributed by atoms with Crippen LogP contribution in [0.3, 0.4) is 0 Å². The third-order valence-electron chi connectivity index (χ3n) is 4.40. The third kappa shape index (κ3) is 2.29. The van der Waals surface area contributed by atoms with E-state index in [1.54, 1.807) is 0 Å². The van der Waals surface area contributed by atoms with E-state index in [0.29, 0.717) is 0 Å². The van der Waals surface area contributed by atoms with Crippen LogP contribution in [0.15, 0.2) is 78.9 Å². The molecule has 1 unspecified atom stereocenters. The van der Waals surface area contributed by atoms with Crippen molar-refractivity contribution in [2.24, 2.45) is 0 Å². The summed E-state index contributed by atoms with van der Waals surface area (Å²) in [5, 5.41) is 0. The lowest BCUT2D eigenvalue weighted by molar-refractivity contribution is 0.719. The lowest BCUT2D eigenvalue weighted by atomic mass is 9.94. The van der Waals surface area contributed by atoms with Crippen molar-refractivity contribution in [3.8, 4) is 0 Å². The number of para-hydroxylation sites is 3. The molecule has 1 aliphatic rings. The van der Waals surface area contributed by atoms with E-state index in [1.165, 1.54) is 22.6 Å². The average molecular weight is 296 g/mol. The van der Waals surface area contributed by atoms with Gasteiger partial charge in [0.25, 0.3) is 0 Å². The highest BCUT2D eigenvalue weighted by atomic mass is 15.4. The van der Waals surface area contributed by atoms with Crippen molar-refractivity contribution in [2.75, 3.05) is 16.8 Å². The molecule has 0 aromatic heterocycles. The molecule has 3 aromatic carbocycles. The van der Waals surface area contributed by atoms with E-state index in [4.69, 9.17) is 7.85 Å². The zero-order valence-corrected chi connectivity index (χ0v) is 13.1. The Labute approximate surface area is 138 Å². The monoisotopic (exact) mass is 296 g/mol. The molecule has 2 radical (unpaired) electrons. The molecule has 0 saturated carbocycles. The number of rotatable bonds is 2. The average Bonchev–Trinajstić information content (AvgIpc) is 2.90. The standard InChI is InChI=1S/C20H17BN2/c1-22-18-9-5-6-10-19(18)23(17-7-3-2-4-8-17)20(22)15-11-13-16(21)14-12-15/h2-14,20H,1H3. The predicted molar refractivity (Wildman–Crippen MR) is 98.0 cm³/mol. The lowest BCUT2D eigenvalue weighted by Crippen LogP contribution is -2.30. The Hall–Kier alpha value is -2.68. The van der Waals surface area contributed by atoms with Gasteiger partial charge < -0.3 is 9.80 Å². The summed E-state index contributed by atoms with van der Waals surface area (Å²) in [7, 11) is 8.00. The molecule has 1 heterocycles. The molecule has 0 N–H and O–H groups in total. The molecule has 2 nitrogen and oxygen atoms in total. The normalized spacial score (nSPS) is 16.5. The summed E-state index contributed by atoms with van der Waals surface area (Å²) in [6.45, 7) is 0. The molecule has 0 spiro atoms. The summed E-state index contributed by atoms with van der Waals surface area (Å²) in [5.41, 5.74) is 5.66. The minimum atomic E-state index is 0.121. The van der Waals surface area contributed by atoms with Gasteiger partial charge in [0.05, 0.1) is 11.4 Å². The van der Waals surface area contributed by atoms with Crippen LogP contribution in [0.4, 0.5) is 17.1 Å². The molecule has 3 heteroatoms. The van der Waals surface area contributed by atoms with Crippen molar-refractivity contribution in [1.29, 1.82) is 0 Å². The van der Waals surface area contributed by atoms with Crippen LogP contribution in [-0.4, -0.2) is 14.9 Å². The molecule has 4 rings (SSSR count). The van der Waals surface area contributed by atoms with Crippen molar-refractivity contribution in [3.63, 3.8) is 0 Å². The summed E-state index contributed by atoms with van der Waals surface area (Å²) in [6, 6.07) is 27.2. The van der Waals surface area contributed by atoms with Gasteiger partial charge in [-0.2, -0.15) is 0 Å². The van der Waals surface area contributed by atoms with Crippen LogP contribution in [0.2, 0.25) is 0 Å². The van der Waals surface area contributed by atoms with E-state index >= 15 is 0 Å². The Morgan fingerprint density at radius 3 is 2.04 bits per heavy atom. The van der Waals surface area contributed by atoms with Gasteiger partial charge in [0.2, 0.25) is 0 Å². The van der Waals surface area contributed by atoms with Crippen LogP contribution >= 0.6 is 0 Å². The number of anilines is 3. The van der Waals surface area contributed by atoms with Crippen molar-refractivity contribution < 1.29 is 0 Å². The van der Waals surface area contributed by atoms with Gasteiger partial charge in [0.1, 0.15) is 14.0 Å². The fraction of sp³-hybridized carbons (Fsp3) is 0.100. The Balaban J connectivity index is 1.88. The highest BCUT2D eigenvalue weighted by Gasteiger charge is 2.35. The first-order valence-corrected chi connectivity index (χ1v) is 7.77. The summed E-state index contributed by atoms with van der Waals surface area (Å²) >= 11 is 0. The quantitative estimate of drug-likeness (QED) is 0.664. The Morgan fingerprint density at radius 2 is 1.35 bits per heavy atom. The Morgan fingerprint density at radius 1 is 0.739 bits per heavy atom. The zero-order valence-electron chi connectivity index (χ0n) is 13.1. The predicted octanol–water partition coefficient (Wildman–Crippen LogP) is 3.77. The molecular weight excluding hydrogens is 279 g/mol. The topological polar surface area (TPSA) is 6.48 Å². The number of nitrogens with zero attached hydrogens (tertiary/aromatic N) is 2. The molecule has 0 aliphatic carbocycles. The van der Waals surface area contributed by atoms with Gasteiger partial charge in [0, 0.05) is 12.7 Å². The minimum absolute atomic E-state index is 0.121. The van der Waals surface area contributed by atoms with Crippen LogP contribution in [0.5, 0.6) is 0 Å². The van der Waals surface area contributed by atoms with Crippen LogP contribution in [-0.2, 0) is 0 Å². The summed E-state index contributed by atoms with van der Waals surface area (Å²) in [4.78, 5) is 4.69. The minimum Gasteiger partial charge on any atom is -0.349 e. The Kier molecular flexibility index (Phi) is 3.34. The smallest absolute Gasteiger partial charge is 0.132 e. The van der Waals surface area contributed by atoms with E-state index in [2.05, 4.69) is 77.5 Å². The van der Waals surface area contributed by atoms with Crippen molar-refractivity contribution in [1.82, 2.24) is 0 Å². The van der Waals surface area contributed by atoms with Crippen LogP contribution in [0.25, 0.3) is 0 Å². The number of hydrogen-bond acceptors (Lipinski definition) is 2. The van der Waals surface area contributed by atoms with Gasteiger partial charge >= 0.3 is 0 Å². The molecule has 110 valence electrons. The zero-order chi connectivity index (χ0) is 15.8. The summed E-state index contributed by atoms with van der Waals surface area (Å²) in [5.74, 6) is 0. The second kappa shape index (κ2) is 5.51. The van der Waals surface area contributed by atoms with Gasteiger partial charge in [-0.15, -0.1) is 0 Å². The van der Waals surface area contributed by atoms with Crippen LogP contribution < -0.4 is 15.3 Å². The second-order valence-electron chi connectivity index (χ2n) is 5.85. The first kappa shape index (κ1) is 14.0. The van der Waals surface area contributed by atoms with Gasteiger partial charge in [-0.25, -0.2) is 0 Å². The molecule has 1 aliphatic heterocycles. The second-order valence-corrected chi connectivity index (χ2v) is 5.85. The molecule has 0 bridgehead atoms. The maximum Gasteiger partial charge on any atom is 0.132 e. The third-order valence-corrected chi connectivity index (χ3v) is 4.40. The fourth-order valence-corrected chi connectivity index (χ4v) is 3.31. The van der Waals surface area contributed by atoms with Gasteiger partial charge in [-0.05, 0) is 29.8 Å². The van der Waals surface area contributed by atoms with Crippen molar-refractivity contribution in [3.05, 3.63) is 84.4 Å². The number of hydrogen-bond donors (Lipinski definition) is 0. The molecule has 3 aromatic rings. The molecule has 0 saturated heterocycles. The van der Waals surface area contributed by atoms with E-state index < -0.39 is 0 Å². The van der Waals surface area contributed by atoms with Crippen LogP contribution in [0, 0.1) is 0 Å². The maximum atomic E-state index is 5.86. The number of benzene rings is 3. The first-order chi connectivity index (χ1) is 11.3. The van der Waals surface area contributed by atoms with E-state index in [1.807, 2.05) is 18.2 Å². The maximum absolute atomic E-state index is 5.86. The highest BCUT2D eigenvalue weighted by Crippen LogP contribution is 2.48. The van der Waals surface area contributed by atoms with Crippen molar-refractivity contribution in [2.45, 2.75) is 6.17 Å². The largest absolute Gasteiger partial charge is 0.349 e. The van der Waals surface area contributed by atoms with E-state index in [9.17, 15) is 0 Å². The molecule has 23 heavy (non-hydrogen) atoms. The molecule has 1 atom stereocenters. The van der Waals surface area contributed by atoms with Gasteiger partial charge in [-0.1, -0.05) is 60.1 Å². The van der Waals surface area contributed by atoms with Crippen molar-refractivity contribution >= 4 is 30.4 Å². The summed E-state index contributed by atoms with van der Waals surface area (Å²) in [6.07, 6.45) is 0.121. The summed E-state index contributed by atoms with van der Waals surface area (Å²) < 4.78 is 0. The van der Waals surface area contributed by atoms with E-state index in [0.717, 1.165) is 5.46 Å². The van der Waals surface area contributed by atoms with Crippen LogP contribution in [0.1, 0.15) is 11.7 Å². The molecular formula is C20H17BN2. The van der Waals surface area contributed by atoms with E-state index in [-0.39, 0.29) is 6.17 Å². The van der Waals surface area contributed by atoms with Gasteiger partial charge in [-0.3, -0.25) is 0 Å². The molecule has 0 amide bonds. The first-order valence-electron chi connectivity index (χ1n) is 7.77. The fourth-order valence-electron chi connectivity index (χ4n) is 3.31.